The lowest BCUT2D eigenvalue weighted by atomic mass is 10.1. The van der Waals surface area contributed by atoms with E-state index in [1.54, 1.807) is 12.1 Å². The first-order valence-electron chi connectivity index (χ1n) is 7.85. The molecule has 0 aliphatic carbocycles. The number of allylic oxidation sites excluding steroid dienone is 1. The summed E-state index contributed by atoms with van der Waals surface area (Å²) in [5.41, 5.74) is 5.62. The molecule has 2 rings (SSSR count). The van der Waals surface area contributed by atoms with Gasteiger partial charge in [0.15, 0.2) is 0 Å². The Morgan fingerprint density at radius 2 is 2.00 bits per heavy atom. The molecule has 0 radical (unpaired) electrons. The smallest absolute Gasteiger partial charge is 0.259 e. The Hall–Kier alpha value is -2.12. The van der Waals surface area contributed by atoms with Crippen LogP contribution in [0, 0.1) is 6.92 Å². The number of hydrazone groups is 1. The van der Waals surface area contributed by atoms with Gasteiger partial charge < -0.3 is 10.4 Å². The lowest BCUT2D eigenvalue weighted by Crippen LogP contribution is -2.25. The van der Waals surface area contributed by atoms with Crippen LogP contribution in [0.3, 0.4) is 0 Å². The molecule has 0 aliphatic rings. The maximum Gasteiger partial charge on any atom is 0.259 e. The Kier molecular flexibility index (Phi) is 7.41. The number of hydrogen-bond donors (Lipinski definition) is 3. The fourth-order valence-electron chi connectivity index (χ4n) is 2.18. The standard InChI is InChI=1S/C19H19Br2N3O2/c1-3-5-13-6-4-7-14(19(13)26)10-23-24-18(25)11-22-15-8-16(20)12(2)17(21)9-15/h3-4,6-10,22,26H,1,5,11H2,2H3,(H,24,25)/b23-10-. The van der Waals surface area contributed by atoms with Crippen molar-refractivity contribution in [1.82, 2.24) is 5.43 Å². The summed E-state index contributed by atoms with van der Waals surface area (Å²) >= 11 is 6.94. The number of rotatable bonds is 7. The van der Waals surface area contributed by atoms with Gasteiger partial charge in [0, 0.05) is 20.2 Å². The van der Waals surface area contributed by atoms with Crippen molar-refractivity contribution in [2.75, 3.05) is 11.9 Å². The summed E-state index contributed by atoms with van der Waals surface area (Å²) in [7, 11) is 0. The summed E-state index contributed by atoms with van der Waals surface area (Å²) in [6.45, 7) is 5.71. The zero-order valence-corrected chi connectivity index (χ0v) is 17.4. The van der Waals surface area contributed by atoms with E-state index in [0.717, 1.165) is 25.8 Å². The largest absolute Gasteiger partial charge is 0.507 e. The van der Waals surface area contributed by atoms with Gasteiger partial charge in [0.2, 0.25) is 0 Å². The van der Waals surface area contributed by atoms with E-state index in [0.29, 0.717) is 12.0 Å². The van der Waals surface area contributed by atoms with Crippen LogP contribution in [-0.2, 0) is 11.2 Å². The van der Waals surface area contributed by atoms with E-state index in [4.69, 9.17) is 0 Å². The molecular formula is C19H19Br2N3O2. The van der Waals surface area contributed by atoms with Crippen molar-refractivity contribution < 1.29 is 9.90 Å². The van der Waals surface area contributed by atoms with Crippen molar-refractivity contribution in [3.05, 3.63) is 68.6 Å². The van der Waals surface area contributed by atoms with Crippen LogP contribution in [0.1, 0.15) is 16.7 Å². The van der Waals surface area contributed by atoms with Gasteiger partial charge in [0.1, 0.15) is 5.75 Å². The quantitative estimate of drug-likeness (QED) is 0.310. The van der Waals surface area contributed by atoms with E-state index < -0.39 is 0 Å². The number of aromatic hydroxyl groups is 1. The van der Waals surface area contributed by atoms with Gasteiger partial charge in [0.25, 0.3) is 5.91 Å². The topological polar surface area (TPSA) is 73.7 Å². The van der Waals surface area contributed by atoms with Gasteiger partial charge in [-0.3, -0.25) is 4.79 Å². The monoisotopic (exact) mass is 479 g/mol. The number of nitrogens with zero attached hydrogens (tertiary/aromatic N) is 1. The molecule has 0 heterocycles. The van der Waals surface area contributed by atoms with E-state index in [-0.39, 0.29) is 18.2 Å². The minimum Gasteiger partial charge on any atom is -0.507 e. The van der Waals surface area contributed by atoms with Crippen LogP contribution in [0.2, 0.25) is 0 Å². The van der Waals surface area contributed by atoms with E-state index in [2.05, 4.69) is 54.3 Å². The van der Waals surface area contributed by atoms with Crippen LogP contribution in [0.25, 0.3) is 0 Å². The molecular weight excluding hydrogens is 462 g/mol. The predicted molar refractivity (Wildman–Crippen MR) is 113 cm³/mol. The number of hydrogen-bond acceptors (Lipinski definition) is 4. The summed E-state index contributed by atoms with van der Waals surface area (Å²) in [5, 5.41) is 17.1. The third kappa shape index (κ3) is 5.44. The molecule has 0 fully saturated rings. The van der Waals surface area contributed by atoms with Crippen LogP contribution in [-0.4, -0.2) is 23.8 Å². The maximum atomic E-state index is 11.9. The second-order valence-electron chi connectivity index (χ2n) is 5.56. The number of amides is 1. The highest BCUT2D eigenvalue weighted by molar-refractivity contribution is 9.11. The minimum atomic E-state index is -0.296. The molecule has 0 bridgehead atoms. The number of carbonyl (C=O) groups is 1. The second-order valence-corrected chi connectivity index (χ2v) is 7.27. The molecule has 7 heteroatoms. The first-order chi connectivity index (χ1) is 12.4. The molecule has 2 aromatic carbocycles. The Labute approximate surface area is 169 Å². The Balaban J connectivity index is 1.92. The SMILES string of the molecule is C=CCc1cccc(/C=N\NC(=O)CNc2cc(Br)c(C)c(Br)c2)c1O. The molecule has 136 valence electrons. The Bertz CT molecular complexity index is 828. The fraction of sp³-hybridized carbons (Fsp3) is 0.158. The average molecular weight is 481 g/mol. The van der Waals surface area contributed by atoms with Gasteiger partial charge in [-0.05, 0) is 42.7 Å². The zero-order chi connectivity index (χ0) is 19.1. The molecule has 0 unspecified atom stereocenters. The van der Waals surface area contributed by atoms with Crippen LogP contribution in [0.5, 0.6) is 5.75 Å². The highest BCUT2D eigenvalue weighted by Gasteiger charge is 2.06. The van der Waals surface area contributed by atoms with Crippen molar-refractivity contribution in [2.24, 2.45) is 5.10 Å². The summed E-state index contributed by atoms with van der Waals surface area (Å²) in [4.78, 5) is 11.9. The van der Waals surface area contributed by atoms with Crippen molar-refractivity contribution >= 4 is 49.7 Å². The van der Waals surface area contributed by atoms with E-state index >= 15 is 0 Å². The zero-order valence-electron chi connectivity index (χ0n) is 14.2. The van der Waals surface area contributed by atoms with Gasteiger partial charge in [0.05, 0.1) is 12.8 Å². The van der Waals surface area contributed by atoms with Crippen LogP contribution < -0.4 is 10.7 Å². The molecule has 5 nitrogen and oxygen atoms in total. The minimum absolute atomic E-state index is 0.0712. The number of benzene rings is 2. The van der Waals surface area contributed by atoms with Crippen molar-refractivity contribution in [1.29, 1.82) is 0 Å². The van der Waals surface area contributed by atoms with Crippen molar-refractivity contribution in [2.45, 2.75) is 13.3 Å². The van der Waals surface area contributed by atoms with Gasteiger partial charge in [-0.15, -0.1) is 6.58 Å². The fourth-order valence-corrected chi connectivity index (χ4v) is 3.37. The molecule has 0 aliphatic heterocycles. The third-order valence-electron chi connectivity index (χ3n) is 3.64. The molecule has 2 aromatic rings. The summed E-state index contributed by atoms with van der Waals surface area (Å²) < 4.78 is 1.89. The lowest BCUT2D eigenvalue weighted by Gasteiger charge is -2.09. The van der Waals surface area contributed by atoms with Gasteiger partial charge in [-0.25, -0.2) is 5.43 Å². The second kappa shape index (κ2) is 9.54. The number of carbonyl (C=O) groups excluding carboxylic acids is 1. The summed E-state index contributed by atoms with van der Waals surface area (Å²) in [5.74, 6) is -0.159. The van der Waals surface area contributed by atoms with Gasteiger partial charge >= 0.3 is 0 Å². The number of halogens is 2. The van der Waals surface area contributed by atoms with Gasteiger partial charge in [-0.1, -0.05) is 50.1 Å². The number of para-hydroxylation sites is 1. The highest BCUT2D eigenvalue weighted by atomic mass is 79.9. The van der Waals surface area contributed by atoms with Crippen LogP contribution >= 0.6 is 31.9 Å². The first-order valence-corrected chi connectivity index (χ1v) is 9.44. The maximum absolute atomic E-state index is 11.9. The molecule has 3 N–H and O–H groups in total. The van der Waals surface area contributed by atoms with Crippen LogP contribution in [0.4, 0.5) is 5.69 Å². The Morgan fingerprint density at radius 3 is 2.65 bits per heavy atom. The summed E-state index contributed by atoms with van der Waals surface area (Å²) in [6.07, 6.45) is 3.69. The van der Waals surface area contributed by atoms with Crippen molar-refractivity contribution in [3.8, 4) is 5.75 Å². The van der Waals surface area contributed by atoms with Crippen LogP contribution in [0.15, 0.2) is 57.0 Å². The molecule has 0 spiro atoms. The number of nitrogens with one attached hydrogen (secondary N) is 2. The summed E-state index contributed by atoms with van der Waals surface area (Å²) in [6, 6.07) is 9.15. The molecule has 1 amide bonds. The Morgan fingerprint density at radius 1 is 1.31 bits per heavy atom. The molecule has 0 saturated heterocycles. The average Bonchev–Trinajstić information content (AvgIpc) is 2.61. The molecule has 0 saturated carbocycles. The molecule has 26 heavy (non-hydrogen) atoms. The number of phenols is 1. The third-order valence-corrected chi connectivity index (χ3v) is 5.29. The van der Waals surface area contributed by atoms with Crippen molar-refractivity contribution in [3.63, 3.8) is 0 Å². The highest BCUT2D eigenvalue weighted by Crippen LogP contribution is 2.28. The molecule has 0 atom stereocenters. The number of anilines is 1. The van der Waals surface area contributed by atoms with E-state index in [1.807, 2.05) is 31.2 Å². The van der Waals surface area contributed by atoms with Gasteiger partial charge in [-0.2, -0.15) is 5.10 Å². The molecule has 0 aromatic heterocycles. The first kappa shape index (κ1) is 20.2. The normalized spacial score (nSPS) is 10.7. The van der Waals surface area contributed by atoms with E-state index in [1.165, 1.54) is 6.21 Å². The predicted octanol–water partition coefficient (Wildman–Crippen LogP) is 4.52. The number of phenolic OH excluding ortho intramolecular Hbond substituents is 1. The lowest BCUT2D eigenvalue weighted by molar-refractivity contribution is -0.119. The van der Waals surface area contributed by atoms with E-state index in [9.17, 15) is 9.90 Å².